The lowest BCUT2D eigenvalue weighted by Crippen LogP contribution is -2.51. The van der Waals surface area contributed by atoms with Crippen molar-refractivity contribution in [1.29, 1.82) is 0 Å². The largest absolute Gasteiger partial charge is 0.414 e. The lowest BCUT2D eigenvalue weighted by molar-refractivity contribution is -0.915. The highest BCUT2D eigenvalue weighted by atomic mass is 16.6. The van der Waals surface area contributed by atoms with Crippen LogP contribution in [0, 0.1) is 0 Å². The van der Waals surface area contributed by atoms with E-state index in [1.165, 1.54) is 4.90 Å². The quantitative estimate of drug-likeness (QED) is 0.785. The summed E-state index contributed by atoms with van der Waals surface area (Å²) in [5.41, 5.74) is 0.695. The number of nitrogens with one attached hydrogen (secondary N) is 1. The Balaban J connectivity index is 2.64. The molecule has 0 saturated heterocycles. The Hall–Kier alpha value is -2.08. The lowest BCUT2D eigenvalue weighted by Gasteiger charge is -2.34. The molecule has 0 aliphatic rings. The minimum Gasteiger partial charge on any atom is -0.410 e. The van der Waals surface area contributed by atoms with Gasteiger partial charge in [-0.05, 0) is 45.0 Å². The van der Waals surface area contributed by atoms with E-state index in [-0.39, 0.29) is 5.91 Å². The summed E-state index contributed by atoms with van der Waals surface area (Å²) in [5, 5.41) is 2.90. The van der Waals surface area contributed by atoms with Gasteiger partial charge >= 0.3 is 6.09 Å². The summed E-state index contributed by atoms with van der Waals surface area (Å²) in [7, 11) is 3.24. The van der Waals surface area contributed by atoms with E-state index in [9.17, 15) is 9.59 Å². The Bertz CT molecular complexity index is 514. The van der Waals surface area contributed by atoms with Crippen LogP contribution in [0.25, 0.3) is 0 Å². The molecule has 2 amide bonds. The van der Waals surface area contributed by atoms with E-state index in [1.807, 2.05) is 0 Å². The van der Waals surface area contributed by atoms with E-state index in [2.05, 4.69) is 26.1 Å². The first-order valence-electron chi connectivity index (χ1n) is 8.00. The van der Waals surface area contributed by atoms with Gasteiger partial charge in [-0.25, -0.2) is 4.79 Å². The number of amides is 2. The van der Waals surface area contributed by atoms with Crippen LogP contribution in [0.3, 0.4) is 0 Å². The third kappa shape index (κ3) is 5.56. The molecule has 0 heterocycles. The normalized spacial score (nSPS) is 11.0. The number of rotatable bonds is 7. The number of ether oxygens (including phenoxy) is 1. The zero-order valence-electron chi connectivity index (χ0n) is 14.8. The molecular weight excluding hydrogens is 294 g/mol. The molecule has 0 radical (unpaired) electrons. The molecule has 0 saturated carbocycles. The van der Waals surface area contributed by atoms with Gasteiger partial charge in [0.05, 0.1) is 19.6 Å². The number of quaternary nitrogens is 1. The molecule has 0 aliphatic carbocycles. The molecule has 0 aliphatic heterocycles. The number of carbonyl (C=O) groups excluding carboxylic acids is 2. The maximum absolute atomic E-state index is 12.2. The summed E-state index contributed by atoms with van der Waals surface area (Å²) in [4.78, 5) is 25.1. The first kappa shape index (κ1) is 19.0. The van der Waals surface area contributed by atoms with Gasteiger partial charge in [0.2, 0.25) is 0 Å². The predicted octanol–water partition coefficient (Wildman–Crippen LogP) is 2.56. The van der Waals surface area contributed by atoms with E-state index < -0.39 is 6.09 Å². The van der Waals surface area contributed by atoms with E-state index in [0.717, 1.165) is 24.1 Å². The molecule has 1 rings (SSSR count). The molecule has 0 aromatic heterocycles. The van der Waals surface area contributed by atoms with Crippen molar-refractivity contribution in [3.63, 3.8) is 0 Å². The Kier molecular flexibility index (Phi) is 7.03. The summed E-state index contributed by atoms with van der Waals surface area (Å²) >= 11 is 0. The van der Waals surface area contributed by atoms with E-state index in [1.54, 1.807) is 38.4 Å². The van der Waals surface area contributed by atoms with Crippen LogP contribution in [0.1, 0.15) is 20.8 Å². The first-order chi connectivity index (χ1) is 10.9. The van der Waals surface area contributed by atoms with Crippen molar-refractivity contribution >= 4 is 17.7 Å². The summed E-state index contributed by atoms with van der Waals surface area (Å²) in [6.45, 7) is 9.57. The Morgan fingerprint density at radius 2 is 1.57 bits per heavy atom. The van der Waals surface area contributed by atoms with Gasteiger partial charge in [-0.1, -0.05) is 0 Å². The van der Waals surface area contributed by atoms with Crippen LogP contribution in [0.5, 0.6) is 5.75 Å². The van der Waals surface area contributed by atoms with Crippen molar-refractivity contribution < 1.29 is 18.8 Å². The molecule has 0 unspecified atom stereocenters. The van der Waals surface area contributed by atoms with E-state index in [0.29, 0.717) is 18.0 Å². The lowest BCUT2D eigenvalue weighted by atomic mass is 10.3. The van der Waals surface area contributed by atoms with Crippen molar-refractivity contribution in [2.45, 2.75) is 20.8 Å². The van der Waals surface area contributed by atoms with E-state index >= 15 is 0 Å². The van der Waals surface area contributed by atoms with Crippen LogP contribution in [-0.4, -0.2) is 61.7 Å². The highest BCUT2D eigenvalue weighted by Crippen LogP contribution is 2.17. The fraction of sp³-hybridized carbons (Fsp3) is 0.529. The highest BCUT2D eigenvalue weighted by Gasteiger charge is 2.24. The molecule has 0 fully saturated rings. The molecule has 0 atom stereocenters. The molecule has 1 N–H and O–H groups in total. The fourth-order valence-corrected chi connectivity index (χ4v) is 2.31. The molecule has 1 aromatic carbocycles. The van der Waals surface area contributed by atoms with Crippen molar-refractivity contribution in [3.05, 3.63) is 24.3 Å². The minimum atomic E-state index is -0.433. The SMILES string of the molecule is CC[N+](CC)(CC)CC(=O)Nc1ccc(OC(=O)N(C)C)cc1. The number of likely N-dealkylation sites (N-methyl/N-ethyl adjacent to an activating group) is 1. The molecule has 6 nitrogen and oxygen atoms in total. The Morgan fingerprint density at radius 3 is 2.00 bits per heavy atom. The van der Waals surface area contributed by atoms with Gasteiger partial charge < -0.3 is 19.4 Å². The zero-order chi connectivity index (χ0) is 17.5. The van der Waals surface area contributed by atoms with Crippen LogP contribution < -0.4 is 10.1 Å². The molecule has 6 heteroatoms. The third-order valence-corrected chi connectivity index (χ3v) is 4.20. The number of hydrogen-bond acceptors (Lipinski definition) is 3. The second kappa shape index (κ2) is 8.53. The molecular formula is C17H28N3O3+. The molecule has 0 bridgehead atoms. The van der Waals surface area contributed by atoms with Crippen LogP contribution in [-0.2, 0) is 4.79 Å². The highest BCUT2D eigenvalue weighted by molar-refractivity contribution is 5.91. The number of nitrogens with zero attached hydrogens (tertiary/aromatic N) is 2. The zero-order valence-corrected chi connectivity index (χ0v) is 14.8. The van der Waals surface area contributed by atoms with Gasteiger partial charge in [0.1, 0.15) is 5.75 Å². The van der Waals surface area contributed by atoms with Gasteiger partial charge in [-0.3, -0.25) is 4.79 Å². The maximum Gasteiger partial charge on any atom is 0.414 e. The Labute approximate surface area is 138 Å². The molecule has 1 aromatic rings. The maximum atomic E-state index is 12.2. The minimum absolute atomic E-state index is 0.00594. The van der Waals surface area contributed by atoms with Crippen molar-refractivity contribution in [3.8, 4) is 5.75 Å². The van der Waals surface area contributed by atoms with Crippen LogP contribution in [0.2, 0.25) is 0 Å². The first-order valence-corrected chi connectivity index (χ1v) is 8.00. The fourth-order valence-electron chi connectivity index (χ4n) is 2.31. The second-order valence-electron chi connectivity index (χ2n) is 5.78. The van der Waals surface area contributed by atoms with Gasteiger partial charge in [0.25, 0.3) is 5.91 Å². The third-order valence-electron chi connectivity index (χ3n) is 4.20. The number of hydrogen-bond donors (Lipinski definition) is 1. The summed E-state index contributed by atoms with van der Waals surface area (Å²) in [6, 6.07) is 6.79. The van der Waals surface area contributed by atoms with Crippen LogP contribution in [0.15, 0.2) is 24.3 Å². The van der Waals surface area contributed by atoms with Crippen molar-refractivity contribution in [2.24, 2.45) is 0 Å². The number of benzene rings is 1. The molecule has 128 valence electrons. The topological polar surface area (TPSA) is 58.6 Å². The van der Waals surface area contributed by atoms with Gasteiger partial charge in [0, 0.05) is 19.8 Å². The average Bonchev–Trinajstić information content (AvgIpc) is 2.54. The van der Waals surface area contributed by atoms with Crippen LogP contribution in [0.4, 0.5) is 10.5 Å². The smallest absolute Gasteiger partial charge is 0.410 e. The van der Waals surface area contributed by atoms with Crippen molar-refractivity contribution in [1.82, 2.24) is 4.90 Å². The van der Waals surface area contributed by atoms with Gasteiger partial charge in [0.15, 0.2) is 6.54 Å². The predicted molar refractivity (Wildman–Crippen MR) is 91.5 cm³/mol. The molecule has 23 heavy (non-hydrogen) atoms. The summed E-state index contributed by atoms with van der Waals surface area (Å²) < 4.78 is 5.91. The summed E-state index contributed by atoms with van der Waals surface area (Å²) in [5.74, 6) is 0.441. The number of carbonyl (C=O) groups is 2. The Morgan fingerprint density at radius 1 is 1.04 bits per heavy atom. The number of anilines is 1. The summed E-state index contributed by atoms with van der Waals surface area (Å²) in [6.07, 6.45) is -0.433. The molecule has 0 spiro atoms. The van der Waals surface area contributed by atoms with E-state index in [4.69, 9.17) is 4.74 Å². The van der Waals surface area contributed by atoms with Crippen LogP contribution >= 0.6 is 0 Å². The standard InChI is InChI=1S/C17H27N3O3/c1-6-20(7-2,8-3)13-16(21)18-14-9-11-15(12-10-14)23-17(22)19(4)5/h9-12H,6-8,13H2,1-5H3/p+1. The monoisotopic (exact) mass is 322 g/mol. The van der Waals surface area contributed by atoms with Gasteiger partial charge in [-0.15, -0.1) is 0 Å². The van der Waals surface area contributed by atoms with Crippen molar-refractivity contribution in [2.75, 3.05) is 45.6 Å². The second-order valence-corrected chi connectivity index (χ2v) is 5.78. The van der Waals surface area contributed by atoms with Gasteiger partial charge in [-0.2, -0.15) is 0 Å². The average molecular weight is 322 g/mol.